The summed E-state index contributed by atoms with van der Waals surface area (Å²) in [5, 5.41) is 10.8. The molecule has 1 aliphatic heterocycles. The largest absolute Gasteiger partial charge is 0.459 e. The lowest BCUT2D eigenvalue weighted by Crippen LogP contribution is -2.46. The van der Waals surface area contributed by atoms with Crippen molar-refractivity contribution in [1.29, 1.82) is 0 Å². The van der Waals surface area contributed by atoms with Gasteiger partial charge in [0.1, 0.15) is 12.1 Å². The van der Waals surface area contributed by atoms with Gasteiger partial charge in [0.05, 0.1) is 6.26 Å². The summed E-state index contributed by atoms with van der Waals surface area (Å²) >= 11 is 0. The van der Waals surface area contributed by atoms with Crippen LogP contribution in [0.1, 0.15) is 29.9 Å². The zero-order valence-corrected chi connectivity index (χ0v) is 14.3. The van der Waals surface area contributed by atoms with Gasteiger partial charge in [-0.2, -0.15) is 0 Å². The Morgan fingerprint density at radius 3 is 2.89 bits per heavy atom. The summed E-state index contributed by atoms with van der Waals surface area (Å²) in [5.41, 5.74) is 0.964. The smallest absolute Gasteiger partial charge is 0.325 e. The van der Waals surface area contributed by atoms with Gasteiger partial charge in [-0.25, -0.2) is 4.79 Å². The van der Waals surface area contributed by atoms with Gasteiger partial charge in [0.2, 0.25) is 5.89 Å². The molecule has 8 nitrogen and oxygen atoms in total. The van der Waals surface area contributed by atoms with E-state index < -0.39 is 11.6 Å². The van der Waals surface area contributed by atoms with E-state index >= 15 is 0 Å². The number of nitrogens with one attached hydrogen (secondary N) is 1. The van der Waals surface area contributed by atoms with E-state index in [0.717, 1.165) is 28.9 Å². The third-order valence-corrected chi connectivity index (χ3v) is 5.14. The van der Waals surface area contributed by atoms with Gasteiger partial charge in [-0.05, 0) is 42.5 Å². The number of carbonyl (C=O) groups is 2. The Balaban J connectivity index is 1.44. The van der Waals surface area contributed by atoms with Gasteiger partial charge in [0.25, 0.3) is 11.8 Å². The van der Waals surface area contributed by atoms with Crippen molar-refractivity contribution in [2.75, 3.05) is 0 Å². The molecule has 1 N–H and O–H groups in total. The number of aromatic nitrogens is 2. The number of hydrogen-bond donors (Lipinski definition) is 1. The van der Waals surface area contributed by atoms with Crippen LogP contribution < -0.4 is 5.32 Å². The molecule has 0 unspecified atom stereocenters. The Kier molecular flexibility index (Phi) is 3.40. The number of fused-ring (bicyclic) bond motifs is 2. The molecule has 2 aliphatic rings. The minimum Gasteiger partial charge on any atom is -0.459 e. The lowest BCUT2D eigenvalue weighted by atomic mass is 9.76. The van der Waals surface area contributed by atoms with E-state index in [-0.39, 0.29) is 24.2 Å². The molecule has 1 spiro atoms. The monoisotopic (exact) mass is 364 g/mol. The molecule has 1 aromatic carbocycles. The SMILES string of the molecule is O=C1N[C@@]2(CCCc3ccccc32)C(=O)N1Cc1nnc(-c2ccco2)o1. The second-order valence-corrected chi connectivity index (χ2v) is 6.72. The van der Waals surface area contributed by atoms with Crippen LogP contribution in [0.15, 0.2) is 51.5 Å². The minimum atomic E-state index is -1.00. The van der Waals surface area contributed by atoms with E-state index in [1.54, 1.807) is 12.1 Å². The normalized spacial score (nSPS) is 21.6. The number of benzene rings is 1. The zero-order chi connectivity index (χ0) is 18.4. The van der Waals surface area contributed by atoms with Crippen LogP contribution in [-0.4, -0.2) is 27.0 Å². The summed E-state index contributed by atoms with van der Waals surface area (Å²) in [6, 6.07) is 10.7. The Bertz CT molecular complexity index is 1030. The second kappa shape index (κ2) is 5.80. The van der Waals surface area contributed by atoms with Crippen LogP contribution in [0.5, 0.6) is 0 Å². The van der Waals surface area contributed by atoms with Crippen molar-refractivity contribution < 1.29 is 18.4 Å². The third kappa shape index (κ3) is 2.37. The number of hydrogen-bond acceptors (Lipinski definition) is 6. The van der Waals surface area contributed by atoms with Gasteiger partial charge < -0.3 is 14.2 Å². The van der Waals surface area contributed by atoms with Crippen LogP contribution in [0.25, 0.3) is 11.7 Å². The number of imide groups is 1. The molecule has 27 heavy (non-hydrogen) atoms. The quantitative estimate of drug-likeness (QED) is 0.717. The molecular formula is C19H16N4O4. The number of furan rings is 1. The first-order chi connectivity index (χ1) is 13.2. The van der Waals surface area contributed by atoms with Crippen molar-refractivity contribution in [1.82, 2.24) is 20.4 Å². The summed E-state index contributed by atoms with van der Waals surface area (Å²) in [7, 11) is 0. The van der Waals surface area contributed by atoms with Crippen LogP contribution in [0, 0.1) is 0 Å². The lowest BCUT2D eigenvalue weighted by Gasteiger charge is -2.33. The van der Waals surface area contributed by atoms with Crippen molar-refractivity contribution in [2.45, 2.75) is 31.3 Å². The Labute approximate surface area is 154 Å². The van der Waals surface area contributed by atoms with Crippen LogP contribution in [0.2, 0.25) is 0 Å². The second-order valence-electron chi connectivity index (χ2n) is 6.72. The maximum atomic E-state index is 13.2. The highest BCUT2D eigenvalue weighted by atomic mass is 16.4. The van der Waals surface area contributed by atoms with Crippen molar-refractivity contribution in [3.05, 3.63) is 59.7 Å². The molecule has 5 rings (SSSR count). The fourth-order valence-corrected chi connectivity index (χ4v) is 3.91. The molecule has 3 aromatic rings. The molecule has 2 aromatic heterocycles. The van der Waals surface area contributed by atoms with E-state index in [1.165, 1.54) is 6.26 Å². The van der Waals surface area contributed by atoms with Gasteiger partial charge in [0.15, 0.2) is 5.76 Å². The summed E-state index contributed by atoms with van der Waals surface area (Å²) in [5.74, 6) is 0.534. The number of carbonyl (C=O) groups excluding carboxylic acids is 2. The molecule has 0 saturated carbocycles. The molecule has 3 amide bonds. The average Bonchev–Trinajstić information content (AvgIpc) is 3.40. The maximum Gasteiger partial charge on any atom is 0.325 e. The van der Waals surface area contributed by atoms with Crippen molar-refractivity contribution in [3.63, 3.8) is 0 Å². The molecule has 3 heterocycles. The number of urea groups is 1. The summed E-state index contributed by atoms with van der Waals surface area (Å²) in [4.78, 5) is 27.0. The van der Waals surface area contributed by atoms with Gasteiger partial charge in [-0.1, -0.05) is 24.3 Å². The summed E-state index contributed by atoms with van der Waals surface area (Å²) in [6.45, 7) is -0.0811. The zero-order valence-electron chi connectivity index (χ0n) is 14.3. The predicted molar refractivity (Wildman–Crippen MR) is 92.1 cm³/mol. The van der Waals surface area contributed by atoms with E-state index in [1.807, 2.05) is 24.3 Å². The number of aryl methyl sites for hydroxylation is 1. The van der Waals surface area contributed by atoms with E-state index in [0.29, 0.717) is 12.2 Å². The average molecular weight is 364 g/mol. The highest BCUT2D eigenvalue weighted by Gasteiger charge is 2.54. The van der Waals surface area contributed by atoms with Crippen LogP contribution in [-0.2, 0) is 23.3 Å². The van der Waals surface area contributed by atoms with E-state index in [4.69, 9.17) is 8.83 Å². The first kappa shape index (κ1) is 15.8. The standard InChI is InChI=1S/C19H16N4O4/c24-17-19(9-3-6-12-5-1-2-7-13(12)19)20-18(25)23(17)11-15-21-22-16(27-15)14-8-4-10-26-14/h1-2,4-5,7-8,10H,3,6,9,11H2,(H,20,25)/t19-/m1/s1. The van der Waals surface area contributed by atoms with E-state index in [9.17, 15) is 9.59 Å². The molecule has 8 heteroatoms. The van der Waals surface area contributed by atoms with Crippen molar-refractivity contribution in [3.8, 4) is 11.7 Å². The fraction of sp³-hybridized carbons (Fsp3) is 0.263. The third-order valence-electron chi connectivity index (χ3n) is 5.14. The topological polar surface area (TPSA) is 101 Å². The molecular weight excluding hydrogens is 348 g/mol. The Hall–Kier alpha value is -3.42. The molecule has 0 bridgehead atoms. The van der Waals surface area contributed by atoms with Gasteiger partial charge in [0, 0.05) is 0 Å². The van der Waals surface area contributed by atoms with Gasteiger partial charge >= 0.3 is 6.03 Å². The summed E-state index contributed by atoms with van der Waals surface area (Å²) < 4.78 is 10.8. The van der Waals surface area contributed by atoms with Crippen LogP contribution in [0.3, 0.4) is 0 Å². The van der Waals surface area contributed by atoms with Crippen molar-refractivity contribution >= 4 is 11.9 Å². The number of amides is 3. The lowest BCUT2D eigenvalue weighted by molar-refractivity contribution is -0.132. The summed E-state index contributed by atoms with van der Waals surface area (Å²) in [6.07, 6.45) is 3.81. The Morgan fingerprint density at radius 2 is 2.04 bits per heavy atom. The maximum absolute atomic E-state index is 13.2. The first-order valence-corrected chi connectivity index (χ1v) is 8.76. The van der Waals surface area contributed by atoms with Crippen molar-refractivity contribution in [2.24, 2.45) is 0 Å². The van der Waals surface area contributed by atoms with Gasteiger partial charge in [-0.15, -0.1) is 10.2 Å². The Morgan fingerprint density at radius 1 is 1.15 bits per heavy atom. The number of rotatable bonds is 3. The molecule has 136 valence electrons. The highest BCUT2D eigenvalue weighted by Crippen LogP contribution is 2.40. The molecule has 1 atom stereocenters. The molecule has 1 aliphatic carbocycles. The first-order valence-electron chi connectivity index (χ1n) is 8.76. The number of nitrogens with zero attached hydrogens (tertiary/aromatic N) is 3. The van der Waals surface area contributed by atoms with Crippen LogP contribution in [0.4, 0.5) is 4.79 Å². The minimum absolute atomic E-state index is 0.0811. The fourth-order valence-electron chi connectivity index (χ4n) is 3.91. The highest BCUT2D eigenvalue weighted by molar-refractivity contribution is 6.07. The van der Waals surface area contributed by atoms with Gasteiger partial charge in [-0.3, -0.25) is 9.69 Å². The molecule has 0 radical (unpaired) electrons. The molecule has 1 saturated heterocycles. The van der Waals surface area contributed by atoms with Crippen LogP contribution >= 0.6 is 0 Å². The molecule has 1 fully saturated rings. The van der Waals surface area contributed by atoms with E-state index in [2.05, 4.69) is 15.5 Å². The predicted octanol–water partition coefficient (Wildman–Crippen LogP) is 2.61.